The average molecular weight is 349 g/mol. The number of hydrogen-bond donors (Lipinski definition) is 1. The normalized spacial score (nSPS) is 11.3. The molecule has 1 heterocycles. The molecule has 0 aliphatic carbocycles. The van der Waals surface area contributed by atoms with Crippen LogP contribution < -0.4 is 4.72 Å². The Kier molecular flexibility index (Phi) is 3.81. The maximum Gasteiger partial charge on any atom is 0.265 e. The molecule has 2 rings (SSSR count). The van der Waals surface area contributed by atoms with Gasteiger partial charge in [0.15, 0.2) is 0 Å². The van der Waals surface area contributed by atoms with E-state index in [0.29, 0.717) is 10.7 Å². The highest BCUT2D eigenvalue weighted by Crippen LogP contribution is 2.19. The van der Waals surface area contributed by atoms with Crippen molar-refractivity contribution in [2.45, 2.75) is 4.90 Å². The second-order valence-electron chi connectivity index (χ2n) is 3.53. The fraction of sp³-hybridized carbons (Fsp3) is 0. The Morgan fingerprint density at radius 2 is 1.89 bits per heavy atom. The number of aromatic nitrogens is 1. The smallest absolute Gasteiger partial charge is 0.263 e. The van der Waals surface area contributed by atoms with Gasteiger partial charge in [-0.15, -0.1) is 0 Å². The van der Waals surface area contributed by atoms with E-state index in [2.05, 4.69) is 25.6 Å². The van der Waals surface area contributed by atoms with Gasteiger partial charge in [-0.25, -0.2) is 22.2 Å². The SMILES string of the molecule is O=S(=O)(Nc1cccc(Br)n1)c1ccc(F)cc1F. The molecule has 0 spiro atoms. The fourth-order valence-electron chi connectivity index (χ4n) is 1.35. The quantitative estimate of drug-likeness (QED) is 0.867. The van der Waals surface area contributed by atoms with Crippen molar-refractivity contribution in [2.75, 3.05) is 4.72 Å². The number of nitrogens with one attached hydrogen (secondary N) is 1. The first kappa shape index (κ1) is 13.9. The lowest BCUT2D eigenvalue weighted by Crippen LogP contribution is -2.15. The van der Waals surface area contributed by atoms with Crippen LogP contribution in [0.15, 0.2) is 45.9 Å². The van der Waals surface area contributed by atoms with Gasteiger partial charge >= 0.3 is 0 Å². The van der Waals surface area contributed by atoms with Crippen LogP contribution in [0.4, 0.5) is 14.6 Å². The summed E-state index contributed by atoms with van der Waals surface area (Å²) in [6.07, 6.45) is 0. The van der Waals surface area contributed by atoms with Crippen LogP contribution in [-0.2, 0) is 10.0 Å². The molecule has 0 atom stereocenters. The van der Waals surface area contributed by atoms with Gasteiger partial charge in [0, 0.05) is 6.07 Å². The summed E-state index contributed by atoms with van der Waals surface area (Å²) < 4.78 is 52.5. The zero-order valence-corrected chi connectivity index (χ0v) is 11.7. The third kappa shape index (κ3) is 3.27. The van der Waals surface area contributed by atoms with E-state index in [-0.39, 0.29) is 5.82 Å². The van der Waals surface area contributed by atoms with Crippen molar-refractivity contribution in [1.82, 2.24) is 4.98 Å². The van der Waals surface area contributed by atoms with Gasteiger partial charge in [0.25, 0.3) is 10.0 Å². The number of sulfonamides is 1. The summed E-state index contributed by atoms with van der Waals surface area (Å²) >= 11 is 3.08. The van der Waals surface area contributed by atoms with E-state index in [1.807, 2.05) is 0 Å². The molecule has 1 aromatic carbocycles. The van der Waals surface area contributed by atoms with E-state index in [1.54, 1.807) is 12.1 Å². The predicted octanol–water partition coefficient (Wildman–Crippen LogP) is 2.92. The van der Waals surface area contributed by atoms with Gasteiger partial charge in [0.2, 0.25) is 0 Å². The summed E-state index contributed by atoms with van der Waals surface area (Å²) in [5.74, 6) is -1.99. The first-order valence-electron chi connectivity index (χ1n) is 4.99. The summed E-state index contributed by atoms with van der Waals surface area (Å²) in [4.78, 5) is 3.22. The lowest BCUT2D eigenvalue weighted by atomic mass is 10.3. The lowest BCUT2D eigenvalue weighted by Gasteiger charge is -2.08. The fourth-order valence-corrected chi connectivity index (χ4v) is 2.76. The lowest BCUT2D eigenvalue weighted by molar-refractivity contribution is 0.551. The molecule has 0 amide bonds. The third-order valence-electron chi connectivity index (χ3n) is 2.14. The van der Waals surface area contributed by atoms with Gasteiger partial charge in [-0.3, -0.25) is 4.72 Å². The number of benzene rings is 1. The Balaban J connectivity index is 2.38. The molecule has 0 fully saturated rings. The van der Waals surface area contributed by atoms with Gasteiger partial charge in [0.1, 0.15) is 27.0 Å². The van der Waals surface area contributed by atoms with E-state index in [4.69, 9.17) is 0 Å². The number of hydrogen-bond acceptors (Lipinski definition) is 3. The zero-order valence-electron chi connectivity index (χ0n) is 9.27. The Hall–Kier alpha value is -1.54. The molecule has 100 valence electrons. The molecule has 19 heavy (non-hydrogen) atoms. The average Bonchev–Trinajstić information content (AvgIpc) is 2.27. The van der Waals surface area contributed by atoms with Gasteiger partial charge in [0.05, 0.1) is 0 Å². The highest BCUT2D eigenvalue weighted by Gasteiger charge is 2.20. The highest BCUT2D eigenvalue weighted by atomic mass is 79.9. The van der Waals surface area contributed by atoms with Gasteiger partial charge in [-0.05, 0) is 40.2 Å². The molecule has 1 N–H and O–H groups in total. The van der Waals surface area contributed by atoms with E-state index in [9.17, 15) is 17.2 Å². The molecule has 0 saturated carbocycles. The Morgan fingerprint density at radius 3 is 2.53 bits per heavy atom. The molecule has 0 saturated heterocycles. The third-order valence-corrected chi connectivity index (χ3v) is 3.97. The number of rotatable bonds is 3. The van der Waals surface area contributed by atoms with Crippen molar-refractivity contribution in [3.63, 3.8) is 0 Å². The minimum absolute atomic E-state index is 0.0260. The molecule has 4 nitrogen and oxygen atoms in total. The second kappa shape index (κ2) is 5.22. The number of pyridine rings is 1. The maximum atomic E-state index is 13.4. The summed E-state index contributed by atoms with van der Waals surface area (Å²) in [6.45, 7) is 0. The van der Waals surface area contributed by atoms with Gasteiger partial charge in [-0.1, -0.05) is 6.07 Å². The summed E-state index contributed by atoms with van der Waals surface area (Å²) in [5.41, 5.74) is 0. The molecular formula is C11H7BrF2N2O2S. The minimum atomic E-state index is -4.15. The van der Waals surface area contributed by atoms with Crippen LogP contribution in [-0.4, -0.2) is 13.4 Å². The number of nitrogens with zero attached hydrogens (tertiary/aromatic N) is 1. The molecule has 1 aromatic heterocycles. The van der Waals surface area contributed by atoms with Crippen LogP contribution in [0.2, 0.25) is 0 Å². The zero-order chi connectivity index (χ0) is 14.0. The standard InChI is InChI=1S/C11H7BrF2N2O2S/c12-10-2-1-3-11(15-10)16-19(17,18)9-5-4-7(13)6-8(9)14/h1-6H,(H,15,16). The van der Waals surface area contributed by atoms with E-state index < -0.39 is 26.6 Å². The summed E-state index contributed by atoms with van der Waals surface area (Å²) in [6, 6.07) is 6.80. The Labute approximate surface area is 116 Å². The largest absolute Gasteiger partial charge is 0.265 e. The molecule has 8 heteroatoms. The van der Waals surface area contributed by atoms with Crippen LogP contribution in [0, 0.1) is 11.6 Å². The van der Waals surface area contributed by atoms with Crippen molar-refractivity contribution in [3.8, 4) is 0 Å². The summed E-state index contributed by atoms with van der Waals surface area (Å²) in [7, 11) is -4.15. The highest BCUT2D eigenvalue weighted by molar-refractivity contribution is 9.10. The first-order chi connectivity index (χ1) is 8.88. The first-order valence-corrected chi connectivity index (χ1v) is 7.26. The monoisotopic (exact) mass is 348 g/mol. The van der Waals surface area contributed by atoms with Crippen LogP contribution in [0.1, 0.15) is 0 Å². The van der Waals surface area contributed by atoms with E-state index in [1.165, 1.54) is 6.07 Å². The minimum Gasteiger partial charge on any atom is -0.263 e. The predicted molar refractivity (Wildman–Crippen MR) is 69.1 cm³/mol. The molecule has 0 unspecified atom stereocenters. The molecule has 0 bridgehead atoms. The van der Waals surface area contributed by atoms with Gasteiger partial charge in [-0.2, -0.15) is 0 Å². The van der Waals surface area contributed by atoms with Crippen molar-refractivity contribution in [3.05, 3.63) is 52.6 Å². The van der Waals surface area contributed by atoms with Crippen LogP contribution in [0.3, 0.4) is 0 Å². The Morgan fingerprint density at radius 1 is 1.16 bits per heavy atom. The van der Waals surface area contributed by atoms with Crippen molar-refractivity contribution >= 4 is 31.8 Å². The second-order valence-corrected chi connectivity index (χ2v) is 5.99. The van der Waals surface area contributed by atoms with Crippen LogP contribution in [0.5, 0.6) is 0 Å². The van der Waals surface area contributed by atoms with Crippen LogP contribution in [0.25, 0.3) is 0 Å². The molecule has 0 aliphatic rings. The van der Waals surface area contributed by atoms with Crippen LogP contribution >= 0.6 is 15.9 Å². The molecular weight excluding hydrogens is 342 g/mol. The molecule has 2 aromatic rings. The Bertz CT molecular complexity index is 722. The number of anilines is 1. The molecule has 0 aliphatic heterocycles. The van der Waals surface area contributed by atoms with E-state index >= 15 is 0 Å². The molecule has 0 radical (unpaired) electrons. The van der Waals surface area contributed by atoms with Crippen molar-refractivity contribution in [1.29, 1.82) is 0 Å². The topological polar surface area (TPSA) is 59.1 Å². The summed E-state index contributed by atoms with van der Waals surface area (Å²) in [5, 5.41) is 0. The van der Waals surface area contributed by atoms with E-state index in [0.717, 1.165) is 12.1 Å². The van der Waals surface area contributed by atoms with Gasteiger partial charge < -0.3 is 0 Å². The number of halogens is 3. The van der Waals surface area contributed by atoms with Crippen molar-refractivity contribution < 1.29 is 17.2 Å². The van der Waals surface area contributed by atoms with Crippen molar-refractivity contribution in [2.24, 2.45) is 0 Å². The maximum absolute atomic E-state index is 13.4.